The number of hydrogen-bond acceptors (Lipinski definition) is 0. The van der Waals surface area contributed by atoms with Crippen molar-refractivity contribution in [2.45, 2.75) is 0 Å². The Labute approximate surface area is 866 Å². The van der Waals surface area contributed by atoms with Gasteiger partial charge in [0.25, 0.3) is 0 Å². The summed E-state index contributed by atoms with van der Waals surface area (Å²) in [6.07, 6.45) is 0. The molecule has 0 saturated carbocycles. The molecule has 0 nitrogen and oxygen atoms in total. The average Bonchev–Trinajstić information content (AvgIpc) is 0. The summed E-state index contributed by atoms with van der Waals surface area (Å²) in [6.45, 7) is 0. The van der Waals surface area contributed by atoms with Gasteiger partial charge in [0.2, 0.25) is 0 Å². The first-order valence-electron chi connectivity index (χ1n) is 0. The van der Waals surface area contributed by atoms with Crippen LogP contribution in [-0.4, -0.2) is 902 Å². The van der Waals surface area contributed by atoms with Crippen molar-refractivity contribution in [1.29, 1.82) is 0 Å². The predicted octanol–water partition coefficient (Wildman–Crippen LogP) is -9.90. The Bertz CT molecular complexity index is 23.2. The molecule has 0 atom stereocenters. The molecule has 0 aliphatic heterocycles. The minimum atomic E-state index is 0. The van der Waals surface area contributed by atoms with Crippen LogP contribution in [0.5, 0.6) is 0 Å². The maximum atomic E-state index is 0. The molecule has 0 aromatic rings. The van der Waals surface area contributed by atoms with Gasteiger partial charge in [-0.15, -0.1) is 0 Å². The van der Waals surface area contributed by atoms with E-state index < -0.39 is 0 Å². The van der Waals surface area contributed by atoms with E-state index in [2.05, 4.69) is 0 Å². The fraction of sp³-hybridized carbons (Fsp3) is 0. The second kappa shape index (κ2) is 179. The standard InChI is InChI=1S/8K.18Pb. The van der Waals surface area contributed by atoms with Crippen LogP contribution in [0.25, 0.3) is 0 Å². The van der Waals surface area contributed by atoms with Gasteiger partial charge in [-0.1, -0.05) is 0 Å². The molecule has 0 unspecified atom stereocenters. The summed E-state index contributed by atoms with van der Waals surface area (Å²) < 4.78 is 0. The first kappa shape index (κ1) is 189. The van der Waals surface area contributed by atoms with E-state index >= 15 is 0 Å². The molecular formula is K8Pb18. The Morgan fingerprint density at radius 2 is 0.0769 bits per heavy atom. The normalized spacial score (nSPS) is 0. The van der Waals surface area contributed by atoms with Crippen LogP contribution in [0.2, 0.25) is 0 Å². The van der Waals surface area contributed by atoms with Crippen molar-refractivity contribution in [3.63, 3.8) is 0 Å². The minimum absolute atomic E-state index is 0. The molecule has 0 aromatic carbocycles. The molecule has 80 radical (unpaired) electrons. The molecule has 0 aliphatic carbocycles. The monoisotopic (exact) mass is 4060 g/mol. The molecule has 0 amide bonds. The van der Waals surface area contributed by atoms with Crippen molar-refractivity contribution >= 4 is 902 Å². The summed E-state index contributed by atoms with van der Waals surface area (Å²) in [5.74, 6) is 0. The maximum absolute atomic E-state index is 0. The molecule has 0 rings (SSSR count). The van der Waals surface area contributed by atoms with Gasteiger partial charge in [-0.05, 0) is 0 Å². The summed E-state index contributed by atoms with van der Waals surface area (Å²) in [5.41, 5.74) is 0. The largest absolute Gasteiger partial charge is 0 e. The molecule has 0 N–H and O–H groups in total. The van der Waals surface area contributed by atoms with E-state index in [0.717, 1.165) is 0 Å². The van der Waals surface area contributed by atoms with E-state index in [1.807, 2.05) is 0 Å². The van der Waals surface area contributed by atoms with Crippen molar-refractivity contribution in [3.8, 4) is 0 Å². The van der Waals surface area contributed by atoms with E-state index in [1.54, 1.807) is 0 Å². The fourth-order valence-corrected chi connectivity index (χ4v) is 0. The van der Waals surface area contributed by atoms with Gasteiger partial charge < -0.3 is 0 Å². The summed E-state index contributed by atoms with van der Waals surface area (Å²) in [6, 6.07) is 0. The van der Waals surface area contributed by atoms with Gasteiger partial charge in [-0.3, -0.25) is 0 Å². The third-order valence-electron chi connectivity index (χ3n) is 0. The Balaban J connectivity index is 0. The summed E-state index contributed by atoms with van der Waals surface area (Å²) in [7, 11) is 0. The molecule has 0 fully saturated rings. The van der Waals surface area contributed by atoms with Crippen LogP contribution >= 0.6 is 0 Å². The van der Waals surface area contributed by atoms with Crippen LogP contribution in [0.4, 0.5) is 0 Å². The van der Waals surface area contributed by atoms with Crippen LogP contribution in [0.15, 0.2) is 0 Å². The van der Waals surface area contributed by atoms with E-state index in [0.29, 0.717) is 0 Å². The Morgan fingerprint density at radius 3 is 0.0769 bits per heavy atom. The van der Waals surface area contributed by atoms with Gasteiger partial charge in [-0.25, -0.2) is 0 Å². The topological polar surface area (TPSA) is 0 Å². The molecule has 0 spiro atoms. The molecule has 26 heteroatoms. The molecule has 26 heavy (non-hydrogen) atoms. The molecule has 0 aliphatic rings. The number of rotatable bonds is 0. The third-order valence-corrected chi connectivity index (χ3v) is 0. The fourth-order valence-electron chi connectivity index (χ4n) is 0. The van der Waals surface area contributed by atoms with Crippen LogP contribution in [0, 0.1) is 0 Å². The molecule has 0 aromatic heterocycles. The molecule has 0 saturated heterocycles. The second-order valence-electron chi connectivity index (χ2n) is 0. The van der Waals surface area contributed by atoms with Crippen molar-refractivity contribution < 1.29 is 0 Å². The smallest absolute Gasteiger partial charge is 0 e. The first-order chi connectivity index (χ1) is 0. The van der Waals surface area contributed by atoms with Gasteiger partial charge in [0.1, 0.15) is 0 Å². The van der Waals surface area contributed by atoms with E-state index in [1.165, 1.54) is 0 Å². The van der Waals surface area contributed by atoms with Gasteiger partial charge in [0, 0.05) is 902 Å². The first-order valence-corrected chi connectivity index (χ1v) is 0. The van der Waals surface area contributed by atoms with Gasteiger partial charge >= 0.3 is 0 Å². The SMILES string of the molecule is [K].[K].[K].[K].[K].[K].[K].[K].[Pb].[Pb].[Pb].[Pb].[Pb].[Pb].[Pb].[Pb].[Pb].[Pb].[Pb].[Pb].[Pb].[Pb].[Pb].[Pb].[Pb].[Pb]. The average molecular weight is 4040 g/mol. The minimum Gasteiger partial charge on any atom is 0 e. The van der Waals surface area contributed by atoms with E-state index in [9.17, 15) is 0 Å². The van der Waals surface area contributed by atoms with Gasteiger partial charge in [0.15, 0.2) is 0 Å². The molecule has 0 bridgehead atoms. The van der Waals surface area contributed by atoms with Gasteiger partial charge in [0.05, 0.1) is 0 Å². The van der Waals surface area contributed by atoms with E-state index in [-0.39, 0.29) is 902 Å². The van der Waals surface area contributed by atoms with Crippen LogP contribution in [0.1, 0.15) is 0 Å². The van der Waals surface area contributed by atoms with Crippen LogP contribution < -0.4 is 0 Å². The molecular weight excluding hydrogens is 4040 g/mol. The zero-order valence-electron chi connectivity index (χ0n) is 17.0. The summed E-state index contributed by atoms with van der Waals surface area (Å²) >= 11 is 0. The van der Waals surface area contributed by atoms with Crippen molar-refractivity contribution in [3.05, 3.63) is 0 Å². The van der Waals surface area contributed by atoms with Crippen molar-refractivity contribution in [2.24, 2.45) is 0 Å². The Morgan fingerprint density at radius 1 is 0.0769 bits per heavy atom. The Hall–Kier alpha value is 29.7. The maximum Gasteiger partial charge on any atom is 0 e. The summed E-state index contributed by atoms with van der Waals surface area (Å²) in [4.78, 5) is 0. The van der Waals surface area contributed by atoms with Crippen molar-refractivity contribution in [1.82, 2.24) is 0 Å². The van der Waals surface area contributed by atoms with Crippen molar-refractivity contribution in [2.75, 3.05) is 0 Å². The van der Waals surface area contributed by atoms with Gasteiger partial charge in [-0.2, -0.15) is 0 Å². The number of hydrogen-bond donors (Lipinski definition) is 0. The van der Waals surface area contributed by atoms with Crippen LogP contribution in [0.3, 0.4) is 0 Å². The summed E-state index contributed by atoms with van der Waals surface area (Å²) in [5, 5.41) is 0. The second-order valence-corrected chi connectivity index (χ2v) is 0. The molecule has 80 valence electrons. The zero-order chi connectivity index (χ0) is 0. The quantitative estimate of drug-likeness (QED) is 0.212. The molecule has 0 heterocycles. The van der Waals surface area contributed by atoms with E-state index in [4.69, 9.17) is 0 Å². The zero-order valence-corrected chi connectivity index (χ0v) is 112. The predicted molar refractivity (Wildman–Crippen MR) is 150 cm³/mol. The van der Waals surface area contributed by atoms with Crippen LogP contribution in [-0.2, 0) is 0 Å². The third kappa shape index (κ3) is 169. The Kier molecular flexibility index (Phi) is 1300.